The Morgan fingerprint density at radius 2 is 0.620 bits per heavy atom. The zero-order chi connectivity index (χ0) is 38.4. The molecule has 0 saturated heterocycles. The molecule has 0 unspecified atom stereocenters. The first kappa shape index (κ1) is 42.1. The van der Waals surface area contributed by atoms with Crippen LogP contribution in [0.4, 0.5) is 35.2 Å². The molecule has 0 N–H and O–H groups in total. The summed E-state index contributed by atoms with van der Waals surface area (Å²) in [5, 5.41) is 0. The second-order valence-electron chi connectivity index (χ2n) is 13.4. The van der Waals surface area contributed by atoms with E-state index < -0.39 is 60.3 Å². The molecule has 0 radical (unpaired) electrons. The number of carbonyl (C=O) groups excluding carboxylic acids is 3. The van der Waals surface area contributed by atoms with Crippen LogP contribution in [0.2, 0.25) is 0 Å². The van der Waals surface area contributed by atoms with Crippen molar-refractivity contribution < 1.29 is 63.6 Å². The normalized spacial score (nSPS) is 13.4. The van der Waals surface area contributed by atoms with Gasteiger partial charge in [-0.25, -0.2) is 14.4 Å². The molecule has 9 nitrogen and oxygen atoms in total. The van der Waals surface area contributed by atoms with E-state index in [0.717, 1.165) is 14.7 Å². The number of carbonyl (C=O) groups is 3. The van der Waals surface area contributed by atoms with Crippen molar-refractivity contribution in [1.29, 1.82) is 0 Å². The van der Waals surface area contributed by atoms with Gasteiger partial charge in [-0.2, -0.15) is 0 Å². The van der Waals surface area contributed by atoms with Crippen molar-refractivity contribution in [3.05, 3.63) is 72.8 Å². The van der Waals surface area contributed by atoms with Crippen molar-refractivity contribution in [3.63, 3.8) is 0 Å². The van der Waals surface area contributed by atoms with E-state index in [1.54, 1.807) is 98.7 Å². The zero-order valence-corrected chi connectivity index (χ0v) is 31.4. The minimum atomic E-state index is -11.1. The van der Waals surface area contributed by atoms with Crippen LogP contribution in [0, 0.1) is 0 Å². The summed E-state index contributed by atoms with van der Waals surface area (Å²) < 4.78 is 91.2. The van der Waals surface area contributed by atoms with E-state index in [1.165, 1.54) is 0 Å². The van der Waals surface area contributed by atoms with E-state index in [0.29, 0.717) is 17.2 Å². The van der Waals surface area contributed by atoms with Gasteiger partial charge in [0, 0.05) is 0 Å². The quantitative estimate of drug-likeness (QED) is 0.0601. The van der Waals surface area contributed by atoms with Gasteiger partial charge in [-0.05, 0) is 135 Å². The van der Waals surface area contributed by atoms with Crippen molar-refractivity contribution in [2.45, 2.75) is 93.8 Å². The molecule has 3 aromatic carbocycles. The van der Waals surface area contributed by atoms with E-state index in [-0.39, 0.29) is 0 Å². The fourth-order valence-electron chi connectivity index (χ4n) is 3.44. The number of rotatable bonds is 6. The van der Waals surface area contributed by atoms with E-state index in [1.807, 2.05) is 36.4 Å². The minimum absolute atomic E-state index is 0.337. The number of ether oxygens (including phenoxy) is 6. The van der Waals surface area contributed by atoms with Crippen LogP contribution in [-0.4, -0.2) is 49.4 Å². The van der Waals surface area contributed by atoms with Crippen LogP contribution >= 0.6 is 0 Å². The van der Waals surface area contributed by atoms with Crippen molar-refractivity contribution >= 4 is 43.5 Å². The Morgan fingerprint density at radius 1 is 0.440 bits per heavy atom. The molecule has 0 amide bonds. The standard InChI is InChI=1S/C33H39O9S.AsF6/c1-31(2,3)40-28(34)37-22-10-16-25(17-11-22)43(26-18-12-23(13-19-26)38-29(35)41-32(4,5)6)27-20-14-24(15-21-27)39-30(36)42-33(7,8)9;2-1(3,4,5,6)7/h10-21H,1-9H3;/q+1;-1. The summed E-state index contributed by atoms with van der Waals surface area (Å²) >= 11 is -11.1. The van der Waals surface area contributed by atoms with Crippen molar-refractivity contribution in [2.24, 2.45) is 0 Å². The van der Waals surface area contributed by atoms with Gasteiger partial charge >= 0.3 is 53.4 Å². The van der Waals surface area contributed by atoms with Gasteiger partial charge < -0.3 is 28.4 Å². The fourth-order valence-corrected chi connectivity index (χ4v) is 5.48. The van der Waals surface area contributed by atoms with Crippen LogP contribution in [0.5, 0.6) is 17.2 Å². The molecule has 0 aromatic heterocycles. The molecular weight excluding hydrogens is 761 g/mol. The van der Waals surface area contributed by atoms with Crippen LogP contribution < -0.4 is 14.2 Å². The molecule has 0 fully saturated rings. The third-order valence-electron chi connectivity index (χ3n) is 4.95. The predicted octanol–water partition coefficient (Wildman–Crippen LogP) is 10.9. The Hall–Kier alpha value is -4.04. The molecule has 50 heavy (non-hydrogen) atoms. The molecule has 0 bridgehead atoms. The summed E-state index contributed by atoms with van der Waals surface area (Å²) in [5.41, 5.74) is -2.04. The van der Waals surface area contributed by atoms with E-state index in [2.05, 4.69) is 0 Å². The summed E-state index contributed by atoms with van der Waals surface area (Å²) in [6, 6.07) is 21.3. The summed E-state index contributed by atoms with van der Waals surface area (Å²) in [7, 11) is -0.640. The summed E-state index contributed by atoms with van der Waals surface area (Å²) in [6.07, 6.45) is -2.37. The molecule has 278 valence electrons. The predicted molar refractivity (Wildman–Crippen MR) is 174 cm³/mol. The molecule has 0 aliphatic carbocycles. The third-order valence-corrected chi connectivity index (χ3v) is 7.18. The average molecular weight is 801 g/mol. The van der Waals surface area contributed by atoms with Crippen LogP contribution in [0.15, 0.2) is 87.5 Å². The summed E-state index contributed by atoms with van der Waals surface area (Å²) in [6.45, 7) is 15.8. The van der Waals surface area contributed by atoms with Gasteiger partial charge in [-0.15, -0.1) is 0 Å². The first-order valence-corrected chi connectivity index (χ1v) is 20.1. The van der Waals surface area contributed by atoms with Crippen molar-refractivity contribution in [3.8, 4) is 17.2 Å². The molecule has 3 rings (SSSR count). The summed E-state index contributed by atoms with van der Waals surface area (Å²) in [4.78, 5) is 39.1. The van der Waals surface area contributed by atoms with Gasteiger partial charge in [-0.1, -0.05) is 0 Å². The molecule has 0 heterocycles. The van der Waals surface area contributed by atoms with Gasteiger partial charge in [0.2, 0.25) is 0 Å². The number of hydrogen-bond acceptors (Lipinski definition) is 9. The van der Waals surface area contributed by atoms with E-state index in [4.69, 9.17) is 28.4 Å². The Morgan fingerprint density at radius 3 is 0.780 bits per heavy atom. The number of benzene rings is 3. The maximum absolute atomic E-state index is 12.1. The molecule has 3 aromatic rings. The van der Waals surface area contributed by atoms with Gasteiger partial charge in [-0.3, -0.25) is 0 Å². The first-order valence-electron chi connectivity index (χ1n) is 14.7. The third kappa shape index (κ3) is 19.2. The molecule has 0 aliphatic rings. The topological polar surface area (TPSA) is 107 Å². The summed E-state index contributed by atoms with van der Waals surface area (Å²) in [5.74, 6) is 1.01. The molecule has 0 spiro atoms. The Kier molecular flexibility index (Phi) is 12.4. The zero-order valence-electron chi connectivity index (χ0n) is 28.7. The van der Waals surface area contributed by atoms with E-state index >= 15 is 0 Å². The Labute approximate surface area is 290 Å². The molecule has 0 atom stereocenters. The van der Waals surface area contributed by atoms with Gasteiger partial charge in [0.15, 0.2) is 14.7 Å². The molecule has 17 heteroatoms. The van der Waals surface area contributed by atoms with Gasteiger partial charge in [0.1, 0.15) is 34.1 Å². The molecule has 0 aliphatic heterocycles. The monoisotopic (exact) mass is 800 g/mol. The fraction of sp³-hybridized carbons (Fsp3) is 0.364. The Balaban J connectivity index is 0.00000112. The maximum atomic E-state index is 12.1. The van der Waals surface area contributed by atoms with E-state index in [9.17, 15) is 35.2 Å². The SMILES string of the molecule is CC(C)(C)OC(=O)Oc1ccc([S+](c2ccc(OC(=O)OC(C)(C)C)cc2)c2ccc(OC(=O)OC(C)(C)C)cc2)cc1.F[As-](F)(F)(F)(F)F. The molecular formula is C33H39AsF6O9S. The molecule has 0 saturated carbocycles. The number of hydrogen-bond donors (Lipinski definition) is 0. The number of halogens is 6. The second kappa shape index (κ2) is 14.7. The first-order chi connectivity index (χ1) is 22.3. The Bertz CT molecular complexity index is 1440. The van der Waals surface area contributed by atoms with Gasteiger partial charge in [0.05, 0.1) is 10.9 Å². The van der Waals surface area contributed by atoms with Crippen LogP contribution in [0.25, 0.3) is 0 Å². The van der Waals surface area contributed by atoms with Crippen LogP contribution in [0.3, 0.4) is 0 Å². The van der Waals surface area contributed by atoms with Crippen molar-refractivity contribution in [1.82, 2.24) is 0 Å². The van der Waals surface area contributed by atoms with Crippen LogP contribution in [0.1, 0.15) is 62.3 Å². The average Bonchev–Trinajstić information content (AvgIpc) is 2.86. The van der Waals surface area contributed by atoms with Gasteiger partial charge in [0.25, 0.3) is 0 Å². The van der Waals surface area contributed by atoms with Crippen molar-refractivity contribution in [2.75, 3.05) is 0 Å². The second-order valence-corrected chi connectivity index (χ2v) is 19.4. The van der Waals surface area contributed by atoms with Crippen LogP contribution in [-0.2, 0) is 25.1 Å².